The van der Waals surface area contributed by atoms with Gasteiger partial charge in [0.1, 0.15) is 18.3 Å². The van der Waals surface area contributed by atoms with E-state index < -0.39 is 18.0 Å². The van der Waals surface area contributed by atoms with Gasteiger partial charge in [0.2, 0.25) is 0 Å². The number of nitrogens with zero attached hydrogens (tertiary/aromatic N) is 1. The molecular weight excluding hydrogens is 252 g/mol. The Labute approximate surface area is 110 Å². The second-order valence-corrected chi connectivity index (χ2v) is 3.84. The molecule has 0 aliphatic carbocycles. The lowest BCUT2D eigenvalue weighted by atomic mass is 10.1. The Kier molecular flexibility index (Phi) is 9.02. The van der Waals surface area contributed by atoms with Crippen molar-refractivity contribution in [3.05, 3.63) is 18.2 Å². The number of nitrogens with one attached hydrogen (secondary N) is 1. The zero-order valence-corrected chi connectivity index (χ0v) is 10.6. The SMILES string of the molecule is NCCCC[C@H](N)C(=O)O.O=C(O)Cc1ncc[nH]1. The van der Waals surface area contributed by atoms with E-state index in [9.17, 15) is 9.59 Å². The molecule has 1 rings (SSSR count). The van der Waals surface area contributed by atoms with Crippen molar-refractivity contribution >= 4 is 11.9 Å². The zero-order chi connectivity index (χ0) is 14.7. The van der Waals surface area contributed by atoms with E-state index in [1.807, 2.05) is 0 Å². The Balaban J connectivity index is 0.000000342. The predicted molar refractivity (Wildman–Crippen MR) is 68.4 cm³/mol. The summed E-state index contributed by atoms with van der Waals surface area (Å²) in [4.78, 5) is 26.5. The number of rotatable bonds is 7. The number of aliphatic carboxylic acids is 2. The van der Waals surface area contributed by atoms with Gasteiger partial charge < -0.3 is 26.7 Å². The van der Waals surface area contributed by atoms with Gasteiger partial charge in [-0.15, -0.1) is 0 Å². The average molecular weight is 272 g/mol. The number of carbonyl (C=O) groups is 2. The number of imidazole rings is 1. The predicted octanol–water partition coefficient (Wildman–Crippen LogP) is -0.436. The minimum absolute atomic E-state index is 0.0347. The molecule has 19 heavy (non-hydrogen) atoms. The molecule has 0 radical (unpaired) electrons. The van der Waals surface area contributed by atoms with Gasteiger partial charge in [0.25, 0.3) is 0 Å². The van der Waals surface area contributed by atoms with E-state index in [0.29, 0.717) is 18.8 Å². The molecule has 0 fully saturated rings. The van der Waals surface area contributed by atoms with Crippen molar-refractivity contribution in [3.8, 4) is 0 Å². The van der Waals surface area contributed by atoms with E-state index in [1.165, 1.54) is 6.20 Å². The van der Waals surface area contributed by atoms with Gasteiger partial charge in [-0.25, -0.2) is 4.98 Å². The van der Waals surface area contributed by atoms with Gasteiger partial charge in [0, 0.05) is 12.4 Å². The maximum absolute atomic E-state index is 10.1. The van der Waals surface area contributed by atoms with Crippen molar-refractivity contribution in [2.24, 2.45) is 11.5 Å². The first-order valence-corrected chi connectivity index (χ1v) is 5.85. The first-order chi connectivity index (χ1) is 8.97. The molecule has 1 atom stereocenters. The summed E-state index contributed by atoms with van der Waals surface area (Å²) in [6.45, 7) is 0.604. The molecule has 8 heteroatoms. The molecule has 0 aromatic carbocycles. The summed E-state index contributed by atoms with van der Waals surface area (Å²) in [5, 5.41) is 16.6. The Morgan fingerprint density at radius 3 is 2.47 bits per heavy atom. The van der Waals surface area contributed by atoms with Crippen molar-refractivity contribution in [2.45, 2.75) is 31.7 Å². The van der Waals surface area contributed by atoms with Crippen LogP contribution in [0.1, 0.15) is 25.1 Å². The quantitative estimate of drug-likeness (QED) is 0.421. The molecule has 0 aliphatic rings. The minimum Gasteiger partial charge on any atom is -0.481 e. The van der Waals surface area contributed by atoms with Crippen molar-refractivity contribution in [1.29, 1.82) is 0 Å². The van der Waals surface area contributed by atoms with Crippen molar-refractivity contribution < 1.29 is 19.8 Å². The fourth-order valence-corrected chi connectivity index (χ4v) is 1.17. The standard InChI is InChI=1S/C6H14N2O2.C5H6N2O2/c7-4-2-1-3-5(8)6(9)10;8-5(9)3-4-6-1-2-7-4/h5H,1-4,7-8H2,(H,9,10);1-2H,3H2,(H,6,7)(H,8,9)/t5-;/m0./s1. The van der Waals surface area contributed by atoms with Gasteiger partial charge in [0.15, 0.2) is 0 Å². The molecular formula is C11H20N4O4. The number of aromatic nitrogens is 2. The lowest BCUT2D eigenvalue weighted by Crippen LogP contribution is -2.29. The van der Waals surface area contributed by atoms with E-state index in [-0.39, 0.29) is 6.42 Å². The van der Waals surface area contributed by atoms with Crippen LogP contribution in [0.15, 0.2) is 12.4 Å². The first-order valence-electron chi connectivity index (χ1n) is 5.85. The fraction of sp³-hybridized carbons (Fsp3) is 0.545. The number of carboxylic acid groups (broad SMARTS) is 2. The number of H-pyrrole nitrogens is 1. The molecule has 0 spiro atoms. The molecule has 1 aromatic heterocycles. The van der Waals surface area contributed by atoms with E-state index in [1.54, 1.807) is 6.20 Å². The lowest BCUT2D eigenvalue weighted by molar-refractivity contribution is -0.139. The number of aromatic amines is 1. The van der Waals surface area contributed by atoms with Gasteiger partial charge >= 0.3 is 11.9 Å². The maximum Gasteiger partial charge on any atom is 0.320 e. The van der Waals surface area contributed by atoms with Crippen molar-refractivity contribution in [2.75, 3.05) is 6.54 Å². The monoisotopic (exact) mass is 272 g/mol. The molecule has 0 amide bonds. The van der Waals surface area contributed by atoms with Gasteiger partial charge in [-0.1, -0.05) is 6.42 Å². The topological polar surface area (TPSA) is 155 Å². The summed E-state index contributed by atoms with van der Waals surface area (Å²) >= 11 is 0. The average Bonchev–Trinajstić information content (AvgIpc) is 2.81. The summed E-state index contributed by atoms with van der Waals surface area (Å²) < 4.78 is 0. The van der Waals surface area contributed by atoms with Crippen LogP contribution < -0.4 is 11.5 Å². The highest BCUT2D eigenvalue weighted by Gasteiger charge is 2.09. The summed E-state index contributed by atoms with van der Waals surface area (Å²) in [6.07, 6.45) is 5.25. The minimum atomic E-state index is -0.933. The highest BCUT2D eigenvalue weighted by Crippen LogP contribution is 1.96. The Morgan fingerprint density at radius 2 is 2.05 bits per heavy atom. The summed E-state index contributed by atoms with van der Waals surface area (Å²) in [5.41, 5.74) is 10.4. The Hall–Kier alpha value is -1.93. The molecule has 0 bridgehead atoms. The largest absolute Gasteiger partial charge is 0.481 e. The normalized spacial score (nSPS) is 11.3. The summed E-state index contributed by atoms with van der Waals surface area (Å²) in [7, 11) is 0. The van der Waals surface area contributed by atoms with Gasteiger partial charge in [-0.3, -0.25) is 9.59 Å². The second kappa shape index (κ2) is 10.0. The molecule has 0 aliphatic heterocycles. The summed E-state index contributed by atoms with van der Waals surface area (Å²) in [5.74, 6) is -1.32. The third-order valence-electron chi connectivity index (χ3n) is 2.16. The van der Waals surface area contributed by atoms with Gasteiger partial charge in [-0.05, 0) is 19.4 Å². The number of hydrogen-bond acceptors (Lipinski definition) is 5. The van der Waals surface area contributed by atoms with E-state index in [0.717, 1.165) is 12.8 Å². The van der Waals surface area contributed by atoms with Crippen LogP contribution in [-0.2, 0) is 16.0 Å². The van der Waals surface area contributed by atoms with Crippen LogP contribution >= 0.6 is 0 Å². The number of hydrogen-bond donors (Lipinski definition) is 5. The van der Waals surface area contributed by atoms with Crippen LogP contribution in [0.3, 0.4) is 0 Å². The van der Waals surface area contributed by atoms with Crippen molar-refractivity contribution in [1.82, 2.24) is 9.97 Å². The van der Waals surface area contributed by atoms with Crippen LogP contribution in [0.5, 0.6) is 0 Å². The fourth-order valence-electron chi connectivity index (χ4n) is 1.17. The van der Waals surface area contributed by atoms with E-state index in [4.69, 9.17) is 21.7 Å². The first kappa shape index (κ1) is 17.1. The lowest BCUT2D eigenvalue weighted by Gasteiger charge is -2.03. The molecule has 0 saturated carbocycles. The third kappa shape index (κ3) is 9.74. The molecule has 0 unspecified atom stereocenters. The number of nitrogens with two attached hydrogens (primary N) is 2. The van der Waals surface area contributed by atoms with Crippen molar-refractivity contribution in [3.63, 3.8) is 0 Å². The van der Waals surface area contributed by atoms with E-state index in [2.05, 4.69) is 9.97 Å². The highest BCUT2D eigenvalue weighted by molar-refractivity contribution is 5.72. The number of unbranched alkanes of at least 4 members (excludes halogenated alkanes) is 1. The maximum atomic E-state index is 10.1. The smallest absolute Gasteiger partial charge is 0.320 e. The zero-order valence-electron chi connectivity index (χ0n) is 10.6. The number of carboxylic acids is 2. The van der Waals surface area contributed by atoms with Crippen LogP contribution in [0.2, 0.25) is 0 Å². The molecule has 1 aromatic rings. The van der Waals surface area contributed by atoms with Crippen LogP contribution in [0.25, 0.3) is 0 Å². The second-order valence-electron chi connectivity index (χ2n) is 3.84. The Morgan fingerprint density at radius 1 is 1.37 bits per heavy atom. The molecule has 1 heterocycles. The third-order valence-corrected chi connectivity index (χ3v) is 2.16. The highest BCUT2D eigenvalue weighted by atomic mass is 16.4. The molecule has 7 N–H and O–H groups in total. The van der Waals surface area contributed by atoms with Crippen LogP contribution in [0, 0.1) is 0 Å². The van der Waals surface area contributed by atoms with Crippen LogP contribution in [0.4, 0.5) is 0 Å². The van der Waals surface area contributed by atoms with Crippen LogP contribution in [-0.4, -0.2) is 44.7 Å². The van der Waals surface area contributed by atoms with E-state index >= 15 is 0 Å². The molecule has 108 valence electrons. The molecule has 8 nitrogen and oxygen atoms in total. The van der Waals surface area contributed by atoms with Gasteiger partial charge in [0.05, 0.1) is 0 Å². The summed E-state index contributed by atoms with van der Waals surface area (Å²) in [6, 6.07) is -0.716. The Bertz CT molecular complexity index is 367. The molecule has 0 saturated heterocycles. The van der Waals surface area contributed by atoms with Gasteiger partial charge in [-0.2, -0.15) is 0 Å².